The Labute approximate surface area is 140 Å². The number of nitrogens with two attached hydrogens (primary N) is 1. The van der Waals surface area contributed by atoms with Gasteiger partial charge in [0.05, 0.1) is 4.90 Å². The molecule has 0 amide bonds. The predicted molar refractivity (Wildman–Crippen MR) is 93.2 cm³/mol. The minimum Gasteiger partial charge on any atom is -0.328 e. The standard InChI is InChI=1S/C16H26N2O2S.ClH/c1-10-9-11(2)13(4)16(12(10)3)21(19,20)18-15-7-5-14(17)6-8-15;/h9,14-15,18H,5-8,17H2,1-4H3;1H. The fraction of sp³-hybridized carbons (Fsp3) is 0.625. The van der Waals surface area contributed by atoms with Crippen LogP contribution in [0.1, 0.15) is 47.9 Å². The first-order valence-electron chi connectivity index (χ1n) is 7.57. The summed E-state index contributed by atoms with van der Waals surface area (Å²) in [6, 6.07) is 2.27. The van der Waals surface area contributed by atoms with E-state index in [1.54, 1.807) is 0 Å². The van der Waals surface area contributed by atoms with E-state index in [0.717, 1.165) is 47.9 Å². The van der Waals surface area contributed by atoms with E-state index in [9.17, 15) is 8.42 Å². The fourth-order valence-corrected chi connectivity index (χ4v) is 5.02. The van der Waals surface area contributed by atoms with Gasteiger partial charge in [0.15, 0.2) is 0 Å². The second-order valence-electron chi connectivity index (χ2n) is 6.32. The normalized spacial score (nSPS) is 22.2. The van der Waals surface area contributed by atoms with Crippen LogP contribution >= 0.6 is 12.4 Å². The molecule has 0 saturated heterocycles. The molecule has 1 aromatic rings. The van der Waals surface area contributed by atoms with Crippen LogP contribution in [-0.4, -0.2) is 20.5 Å². The SMILES string of the molecule is Cc1cc(C)c(C)c(S(=O)(=O)NC2CCC(N)CC2)c1C.Cl. The number of benzene rings is 1. The molecule has 0 spiro atoms. The predicted octanol–water partition coefficient (Wildman–Crippen LogP) is 2.89. The zero-order valence-electron chi connectivity index (χ0n) is 13.8. The molecule has 2 rings (SSSR count). The van der Waals surface area contributed by atoms with Crippen molar-refractivity contribution in [1.82, 2.24) is 4.72 Å². The Bertz CT molecular complexity index is 610. The van der Waals surface area contributed by atoms with Gasteiger partial charge in [-0.15, -0.1) is 12.4 Å². The van der Waals surface area contributed by atoms with Crippen molar-refractivity contribution in [3.05, 3.63) is 28.3 Å². The summed E-state index contributed by atoms with van der Waals surface area (Å²) in [6.45, 7) is 7.68. The zero-order chi connectivity index (χ0) is 15.8. The topological polar surface area (TPSA) is 72.2 Å². The van der Waals surface area contributed by atoms with Crippen LogP contribution in [0.4, 0.5) is 0 Å². The van der Waals surface area contributed by atoms with Gasteiger partial charge in [-0.3, -0.25) is 0 Å². The van der Waals surface area contributed by atoms with Crippen molar-refractivity contribution in [2.75, 3.05) is 0 Å². The third kappa shape index (κ3) is 4.02. The van der Waals surface area contributed by atoms with Crippen LogP contribution in [0.25, 0.3) is 0 Å². The van der Waals surface area contributed by atoms with Crippen LogP contribution in [0.3, 0.4) is 0 Å². The number of sulfonamides is 1. The third-order valence-corrected chi connectivity index (χ3v) is 6.45. The Hall–Kier alpha value is -0.620. The minimum atomic E-state index is -3.47. The summed E-state index contributed by atoms with van der Waals surface area (Å²) in [6.07, 6.45) is 3.42. The van der Waals surface area contributed by atoms with E-state index in [1.807, 2.05) is 33.8 Å². The van der Waals surface area contributed by atoms with Crippen LogP contribution in [0, 0.1) is 27.7 Å². The lowest BCUT2D eigenvalue weighted by Crippen LogP contribution is -2.40. The fourth-order valence-electron chi connectivity index (χ4n) is 3.10. The first-order chi connectivity index (χ1) is 9.72. The molecule has 126 valence electrons. The Balaban J connectivity index is 0.00000242. The van der Waals surface area contributed by atoms with Gasteiger partial charge >= 0.3 is 0 Å². The zero-order valence-corrected chi connectivity index (χ0v) is 15.4. The quantitative estimate of drug-likeness (QED) is 0.883. The number of hydrogen-bond acceptors (Lipinski definition) is 3. The maximum atomic E-state index is 12.8. The summed E-state index contributed by atoms with van der Waals surface area (Å²) in [5, 5.41) is 0. The second kappa shape index (κ2) is 7.30. The van der Waals surface area contributed by atoms with Crippen LogP contribution < -0.4 is 10.5 Å². The van der Waals surface area contributed by atoms with E-state index < -0.39 is 10.0 Å². The number of rotatable bonds is 3. The number of aryl methyl sites for hydroxylation is 2. The molecule has 0 aliphatic heterocycles. The average molecular weight is 347 g/mol. The molecule has 0 heterocycles. The van der Waals surface area contributed by atoms with E-state index in [2.05, 4.69) is 4.72 Å². The van der Waals surface area contributed by atoms with Crippen molar-refractivity contribution in [2.24, 2.45) is 5.73 Å². The molecule has 0 unspecified atom stereocenters. The number of nitrogens with one attached hydrogen (secondary N) is 1. The Morgan fingerprint density at radius 1 is 1.00 bits per heavy atom. The van der Waals surface area contributed by atoms with Gasteiger partial charge in [0.25, 0.3) is 0 Å². The van der Waals surface area contributed by atoms with Crippen molar-refractivity contribution in [2.45, 2.75) is 70.4 Å². The molecular weight excluding hydrogens is 320 g/mol. The Morgan fingerprint density at radius 3 is 1.91 bits per heavy atom. The van der Waals surface area contributed by atoms with Crippen molar-refractivity contribution in [3.63, 3.8) is 0 Å². The highest BCUT2D eigenvalue weighted by Gasteiger charge is 2.27. The summed E-state index contributed by atoms with van der Waals surface area (Å²) in [4.78, 5) is 0.454. The van der Waals surface area contributed by atoms with E-state index in [1.165, 1.54) is 0 Å². The highest BCUT2D eigenvalue weighted by atomic mass is 35.5. The Morgan fingerprint density at radius 2 is 1.45 bits per heavy atom. The molecule has 0 aromatic heterocycles. The lowest BCUT2D eigenvalue weighted by atomic mass is 9.93. The molecule has 22 heavy (non-hydrogen) atoms. The molecule has 1 aliphatic rings. The van der Waals surface area contributed by atoms with E-state index in [0.29, 0.717) is 4.90 Å². The lowest BCUT2D eigenvalue weighted by Gasteiger charge is -2.27. The third-order valence-electron chi connectivity index (χ3n) is 4.66. The van der Waals surface area contributed by atoms with Gasteiger partial charge in [-0.1, -0.05) is 6.07 Å². The van der Waals surface area contributed by atoms with Gasteiger partial charge in [0.2, 0.25) is 10.0 Å². The van der Waals surface area contributed by atoms with E-state index in [4.69, 9.17) is 5.73 Å². The van der Waals surface area contributed by atoms with Gasteiger partial charge < -0.3 is 5.73 Å². The van der Waals surface area contributed by atoms with Crippen LogP contribution in [0.5, 0.6) is 0 Å². The Kier molecular flexibility index (Phi) is 6.45. The molecular formula is C16H27ClN2O2S. The van der Waals surface area contributed by atoms with E-state index >= 15 is 0 Å². The van der Waals surface area contributed by atoms with E-state index in [-0.39, 0.29) is 24.5 Å². The second-order valence-corrected chi connectivity index (χ2v) is 7.97. The molecule has 3 N–H and O–H groups in total. The lowest BCUT2D eigenvalue weighted by molar-refractivity contribution is 0.373. The number of hydrogen-bond donors (Lipinski definition) is 2. The van der Waals surface area contributed by atoms with Gasteiger partial charge in [-0.25, -0.2) is 13.1 Å². The van der Waals surface area contributed by atoms with Crippen molar-refractivity contribution >= 4 is 22.4 Å². The molecule has 4 nitrogen and oxygen atoms in total. The monoisotopic (exact) mass is 346 g/mol. The van der Waals surface area contributed by atoms with Crippen LogP contribution in [-0.2, 0) is 10.0 Å². The first kappa shape index (κ1) is 19.4. The maximum absolute atomic E-state index is 12.8. The average Bonchev–Trinajstić information content (AvgIpc) is 2.39. The summed E-state index contributed by atoms with van der Waals surface area (Å²) in [5.74, 6) is 0. The molecule has 0 atom stereocenters. The van der Waals surface area contributed by atoms with Crippen LogP contribution in [0.15, 0.2) is 11.0 Å². The molecule has 6 heteroatoms. The van der Waals surface area contributed by atoms with Crippen LogP contribution in [0.2, 0.25) is 0 Å². The largest absolute Gasteiger partial charge is 0.328 e. The van der Waals surface area contributed by atoms with Gasteiger partial charge in [-0.05, 0) is 75.6 Å². The summed E-state index contributed by atoms with van der Waals surface area (Å²) >= 11 is 0. The number of halogens is 1. The maximum Gasteiger partial charge on any atom is 0.241 e. The highest BCUT2D eigenvalue weighted by molar-refractivity contribution is 7.89. The van der Waals surface area contributed by atoms with Gasteiger partial charge in [-0.2, -0.15) is 0 Å². The smallest absolute Gasteiger partial charge is 0.241 e. The molecule has 0 bridgehead atoms. The van der Waals surface area contributed by atoms with Gasteiger partial charge in [0, 0.05) is 12.1 Å². The first-order valence-corrected chi connectivity index (χ1v) is 9.06. The molecule has 1 aliphatic carbocycles. The summed E-state index contributed by atoms with van der Waals surface area (Å²) < 4.78 is 28.5. The minimum absolute atomic E-state index is 0. The highest BCUT2D eigenvalue weighted by Crippen LogP contribution is 2.27. The van der Waals surface area contributed by atoms with Gasteiger partial charge in [0.1, 0.15) is 0 Å². The van der Waals surface area contributed by atoms with Crippen molar-refractivity contribution in [1.29, 1.82) is 0 Å². The summed E-state index contributed by atoms with van der Waals surface area (Å²) in [7, 11) is -3.47. The molecule has 1 saturated carbocycles. The van der Waals surface area contributed by atoms with Crippen molar-refractivity contribution in [3.8, 4) is 0 Å². The molecule has 0 radical (unpaired) electrons. The molecule has 1 fully saturated rings. The molecule has 1 aromatic carbocycles. The summed E-state index contributed by atoms with van der Waals surface area (Å²) in [5.41, 5.74) is 9.61. The van der Waals surface area contributed by atoms with Crippen molar-refractivity contribution < 1.29 is 8.42 Å².